The molecule has 0 aliphatic heterocycles. The molecule has 2 aromatic rings. The first-order valence-corrected chi connectivity index (χ1v) is 5.72. The molecule has 0 unspecified atom stereocenters. The number of aromatic nitrogens is 3. The number of hydrogen-bond donors (Lipinski definition) is 1. The van der Waals surface area contributed by atoms with Crippen molar-refractivity contribution in [3.63, 3.8) is 0 Å². The lowest BCUT2D eigenvalue weighted by atomic mass is 10.2. The van der Waals surface area contributed by atoms with Crippen LogP contribution in [0, 0.1) is 11.6 Å². The molecular weight excluding hydrogens is 238 g/mol. The average molecular weight is 252 g/mol. The van der Waals surface area contributed by atoms with E-state index in [4.69, 9.17) is 0 Å². The van der Waals surface area contributed by atoms with E-state index < -0.39 is 11.6 Å². The van der Waals surface area contributed by atoms with Crippen molar-refractivity contribution in [1.82, 2.24) is 20.1 Å². The SMILES string of the molecule is CCNCc1ncn(Cc2ccc(F)cc2F)n1. The maximum Gasteiger partial charge on any atom is 0.164 e. The zero-order chi connectivity index (χ0) is 13.0. The van der Waals surface area contributed by atoms with Gasteiger partial charge >= 0.3 is 0 Å². The lowest BCUT2D eigenvalue weighted by Crippen LogP contribution is -2.13. The summed E-state index contributed by atoms with van der Waals surface area (Å²) in [6.07, 6.45) is 1.54. The van der Waals surface area contributed by atoms with Crippen molar-refractivity contribution in [3.8, 4) is 0 Å². The number of hydrogen-bond acceptors (Lipinski definition) is 3. The van der Waals surface area contributed by atoms with Gasteiger partial charge in [-0.05, 0) is 12.6 Å². The van der Waals surface area contributed by atoms with Crippen LogP contribution in [0.25, 0.3) is 0 Å². The third-order valence-corrected chi connectivity index (χ3v) is 2.46. The minimum atomic E-state index is -0.581. The number of nitrogens with zero attached hydrogens (tertiary/aromatic N) is 3. The van der Waals surface area contributed by atoms with Gasteiger partial charge in [0, 0.05) is 11.6 Å². The molecule has 18 heavy (non-hydrogen) atoms. The van der Waals surface area contributed by atoms with E-state index in [1.54, 1.807) is 0 Å². The van der Waals surface area contributed by atoms with Gasteiger partial charge in [0.2, 0.25) is 0 Å². The van der Waals surface area contributed by atoms with Gasteiger partial charge in [-0.3, -0.25) is 0 Å². The first-order valence-electron chi connectivity index (χ1n) is 5.72. The molecule has 0 radical (unpaired) electrons. The van der Waals surface area contributed by atoms with Crippen LogP contribution in [0.2, 0.25) is 0 Å². The van der Waals surface area contributed by atoms with Gasteiger partial charge < -0.3 is 5.32 Å². The van der Waals surface area contributed by atoms with E-state index in [-0.39, 0.29) is 6.54 Å². The second kappa shape index (κ2) is 5.68. The Balaban J connectivity index is 2.06. The van der Waals surface area contributed by atoms with Gasteiger partial charge in [0.25, 0.3) is 0 Å². The fourth-order valence-electron chi connectivity index (χ4n) is 1.55. The molecule has 0 amide bonds. The van der Waals surface area contributed by atoms with Gasteiger partial charge in [0.1, 0.15) is 18.0 Å². The van der Waals surface area contributed by atoms with Crippen LogP contribution >= 0.6 is 0 Å². The van der Waals surface area contributed by atoms with Crippen molar-refractivity contribution in [2.45, 2.75) is 20.0 Å². The van der Waals surface area contributed by atoms with Crippen LogP contribution < -0.4 is 5.32 Å². The molecule has 2 rings (SSSR count). The molecule has 4 nitrogen and oxygen atoms in total. The van der Waals surface area contributed by atoms with E-state index in [1.165, 1.54) is 23.1 Å². The highest BCUT2D eigenvalue weighted by Crippen LogP contribution is 2.10. The van der Waals surface area contributed by atoms with Crippen LogP contribution in [-0.2, 0) is 13.1 Å². The maximum atomic E-state index is 13.4. The average Bonchev–Trinajstić information content (AvgIpc) is 2.78. The highest BCUT2D eigenvalue weighted by atomic mass is 19.1. The van der Waals surface area contributed by atoms with Gasteiger partial charge in [0.05, 0.1) is 13.1 Å². The molecule has 1 aromatic carbocycles. The van der Waals surface area contributed by atoms with Crippen molar-refractivity contribution >= 4 is 0 Å². The monoisotopic (exact) mass is 252 g/mol. The van der Waals surface area contributed by atoms with Crippen LogP contribution in [0.15, 0.2) is 24.5 Å². The highest BCUT2D eigenvalue weighted by molar-refractivity contribution is 5.18. The lowest BCUT2D eigenvalue weighted by molar-refractivity contribution is 0.556. The van der Waals surface area contributed by atoms with Gasteiger partial charge in [0.15, 0.2) is 5.82 Å². The van der Waals surface area contributed by atoms with Crippen LogP contribution in [0.4, 0.5) is 8.78 Å². The summed E-state index contributed by atoms with van der Waals surface area (Å²) >= 11 is 0. The summed E-state index contributed by atoms with van der Waals surface area (Å²) in [5.41, 5.74) is 0.385. The molecule has 6 heteroatoms. The first-order chi connectivity index (χ1) is 8.69. The zero-order valence-electron chi connectivity index (χ0n) is 10.0. The minimum absolute atomic E-state index is 0.241. The Morgan fingerprint density at radius 3 is 2.89 bits per heavy atom. The van der Waals surface area contributed by atoms with Crippen molar-refractivity contribution in [1.29, 1.82) is 0 Å². The van der Waals surface area contributed by atoms with Gasteiger partial charge in [-0.25, -0.2) is 18.4 Å². The number of benzene rings is 1. The summed E-state index contributed by atoms with van der Waals surface area (Å²) in [5, 5.41) is 7.29. The number of nitrogens with one attached hydrogen (secondary N) is 1. The Kier molecular flexibility index (Phi) is 3.99. The molecule has 1 heterocycles. The normalized spacial score (nSPS) is 10.8. The van der Waals surface area contributed by atoms with Crippen molar-refractivity contribution in [3.05, 3.63) is 47.5 Å². The molecule has 0 aliphatic carbocycles. The molecule has 0 fully saturated rings. The van der Waals surface area contributed by atoms with Gasteiger partial charge in [-0.1, -0.05) is 13.0 Å². The number of halogens is 2. The summed E-state index contributed by atoms with van der Waals surface area (Å²) in [4.78, 5) is 4.09. The van der Waals surface area contributed by atoms with E-state index in [9.17, 15) is 8.78 Å². The quantitative estimate of drug-likeness (QED) is 0.881. The third-order valence-electron chi connectivity index (χ3n) is 2.46. The van der Waals surface area contributed by atoms with Crippen LogP contribution in [0.5, 0.6) is 0 Å². The molecule has 0 bridgehead atoms. The van der Waals surface area contributed by atoms with Crippen LogP contribution in [0.1, 0.15) is 18.3 Å². The summed E-state index contributed by atoms with van der Waals surface area (Å²) in [6, 6.07) is 3.51. The summed E-state index contributed by atoms with van der Waals surface area (Å²) in [7, 11) is 0. The second-order valence-electron chi connectivity index (χ2n) is 3.87. The van der Waals surface area contributed by atoms with Gasteiger partial charge in [-0.2, -0.15) is 5.10 Å². The smallest absolute Gasteiger partial charge is 0.164 e. The van der Waals surface area contributed by atoms with E-state index in [2.05, 4.69) is 15.4 Å². The first kappa shape index (κ1) is 12.6. The van der Waals surface area contributed by atoms with Crippen LogP contribution in [-0.4, -0.2) is 21.3 Å². The molecule has 0 atom stereocenters. The lowest BCUT2D eigenvalue weighted by Gasteiger charge is -2.03. The second-order valence-corrected chi connectivity index (χ2v) is 3.87. The van der Waals surface area contributed by atoms with Gasteiger partial charge in [-0.15, -0.1) is 0 Å². The fourth-order valence-corrected chi connectivity index (χ4v) is 1.55. The Morgan fingerprint density at radius 1 is 1.33 bits per heavy atom. The molecule has 0 spiro atoms. The summed E-state index contributed by atoms with van der Waals surface area (Å²) in [5.74, 6) is -0.499. The number of rotatable bonds is 5. The highest BCUT2D eigenvalue weighted by Gasteiger charge is 2.06. The molecular formula is C12H14F2N4. The largest absolute Gasteiger partial charge is 0.310 e. The Labute approximate surface area is 104 Å². The molecule has 0 saturated carbocycles. The predicted molar refractivity (Wildman–Crippen MR) is 62.9 cm³/mol. The predicted octanol–water partition coefficient (Wildman–Crippen LogP) is 1.71. The van der Waals surface area contributed by atoms with E-state index in [0.29, 0.717) is 17.9 Å². The molecule has 96 valence electrons. The van der Waals surface area contributed by atoms with E-state index in [0.717, 1.165) is 12.6 Å². The Morgan fingerprint density at radius 2 is 2.17 bits per heavy atom. The standard InChI is InChI=1S/C12H14F2N4/c1-2-15-6-12-16-8-18(17-12)7-9-3-4-10(13)5-11(9)14/h3-5,8,15H,2,6-7H2,1H3. The zero-order valence-corrected chi connectivity index (χ0v) is 10.0. The summed E-state index contributed by atoms with van der Waals surface area (Å²) < 4.78 is 27.7. The molecule has 1 aromatic heterocycles. The van der Waals surface area contributed by atoms with E-state index in [1.807, 2.05) is 6.92 Å². The summed E-state index contributed by atoms with van der Waals surface area (Å²) in [6.45, 7) is 3.65. The van der Waals surface area contributed by atoms with Crippen molar-refractivity contribution in [2.75, 3.05) is 6.54 Å². The Hall–Kier alpha value is -1.82. The maximum absolute atomic E-state index is 13.4. The Bertz CT molecular complexity index is 525. The fraction of sp³-hybridized carbons (Fsp3) is 0.333. The molecule has 0 aliphatic rings. The van der Waals surface area contributed by atoms with E-state index >= 15 is 0 Å². The third kappa shape index (κ3) is 3.10. The van der Waals surface area contributed by atoms with Crippen LogP contribution in [0.3, 0.4) is 0 Å². The molecule has 1 N–H and O–H groups in total. The minimum Gasteiger partial charge on any atom is -0.310 e. The topological polar surface area (TPSA) is 42.7 Å². The van der Waals surface area contributed by atoms with Crippen molar-refractivity contribution < 1.29 is 8.78 Å². The molecule has 0 saturated heterocycles. The van der Waals surface area contributed by atoms with Crippen molar-refractivity contribution in [2.24, 2.45) is 0 Å².